The number of pyridine rings is 1. The number of carbonyl (C=O) groups is 1. The number of hydrogen-bond donors (Lipinski definition) is 1. The van der Waals surface area contributed by atoms with Crippen LogP contribution >= 0.6 is 0 Å². The Bertz CT molecular complexity index is 634. The van der Waals surface area contributed by atoms with E-state index in [-0.39, 0.29) is 0 Å². The molecule has 0 aromatic carbocycles. The first-order valence-corrected chi connectivity index (χ1v) is 9.17. The summed E-state index contributed by atoms with van der Waals surface area (Å²) in [7, 11) is 2.08. The Morgan fingerprint density at radius 2 is 2.08 bits per heavy atom. The Hall–Kier alpha value is -1.70. The fraction of sp³-hybridized carbons (Fsp3) is 0.684. The molecule has 1 N–H and O–H groups in total. The number of hydrogen-bond acceptors (Lipinski definition) is 6. The maximum Gasteiger partial charge on any atom is 0.413 e. The number of nitrogens with one attached hydrogen (secondary N) is 1. The molecule has 26 heavy (non-hydrogen) atoms. The molecular formula is C19H29N3O4. The second-order valence-corrected chi connectivity index (χ2v) is 8.03. The van der Waals surface area contributed by atoms with Crippen molar-refractivity contribution in [3.63, 3.8) is 0 Å². The third kappa shape index (κ3) is 4.93. The number of likely N-dealkylation sites (N-methyl/N-ethyl adjacent to an activating group) is 1. The second-order valence-electron chi connectivity index (χ2n) is 8.03. The van der Waals surface area contributed by atoms with Crippen LogP contribution in [0.15, 0.2) is 12.1 Å². The molecule has 2 saturated heterocycles. The molecule has 7 heteroatoms. The summed E-state index contributed by atoms with van der Waals surface area (Å²) in [6.07, 6.45) is 0.512. The van der Waals surface area contributed by atoms with Crippen molar-refractivity contribution in [2.75, 3.05) is 38.8 Å². The highest BCUT2D eigenvalue weighted by Crippen LogP contribution is 2.29. The molecule has 2 fully saturated rings. The number of carbonyl (C=O) groups excluding carboxylic acids is 1. The smallest absolute Gasteiger partial charge is 0.413 e. The predicted octanol–water partition coefficient (Wildman–Crippen LogP) is 2.76. The number of nitrogens with zero attached hydrogens (tertiary/aromatic N) is 2. The van der Waals surface area contributed by atoms with Gasteiger partial charge in [0.15, 0.2) is 0 Å². The minimum absolute atomic E-state index is 0.360. The van der Waals surface area contributed by atoms with E-state index in [0.29, 0.717) is 24.3 Å². The third-order valence-electron chi connectivity index (χ3n) is 4.65. The highest BCUT2D eigenvalue weighted by molar-refractivity contribution is 5.83. The molecule has 0 saturated carbocycles. The Morgan fingerprint density at radius 1 is 1.31 bits per heavy atom. The maximum atomic E-state index is 12.0. The van der Waals surface area contributed by atoms with Gasteiger partial charge in [-0.3, -0.25) is 10.2 Å². The van der Waals surface area contributed by atoms with Crippen LogP contribution in [0.3, 0.4) is 0 Å². The third-order valence-corrected chi connectivity index (χ3v) is 4.65. The molecule has 1 aromatic heterocycles. The molecule has 1 amide bonds. The van der Waals surface area contributed by atoms with Gasteiger partial charge in [-0.2, -0.15) is 0 Å². The summed E-state index contributed by atoms with van der Waals surface area (Å²) in [6, 6.07) is 4.32. The van der Waals surface area contributed by atoms with Crippen molar-refractivity contribution in [3.8, 4) is 0 Å². The zero-order valence-electron chi connectivity index (χ0n) is 16.1. The van der Waals surface area contributed by atoms with Crippen LogP contribution in [0.25, 0.3) is 0 Å². The minimum Gasteiger partial charge on any atom is -0.444 e. The van der Waals surface area contributed by atoms with Gasteiger partial charge in [-0.05, 0) is 45.9 Å². The van der Waals surface area contributed by atoms with Crippen molar-refractivity contribution in [2.45, 2.75) is 51.3 Å². The number of amides is 1. The molecule has 1 unspecified atom stereocenters. The van der Waals surface area contributed by atoms with Crippen LogP contribution in [0, 0.1) is 0 Å². The lowest BCUT2D eigenvalue weighted by Crippen LogP contribution is -2.46. The highest BCUT2D eigenvalue weighted by atomic mass is 16.6. The van der Waals surface area contributed by atoms with Gasteiger partial charge < -0.3 is 14.2 Å². The summed E-state index contributed by atoms with van der Waals surface area (Å²) in [4.78, 5) is 19.0. The zero-order valence-corrected chi connectivity index (χ0v) is 16.1. The van der Waals surface area contributed by atoms with E-state index in [0.717, 1.165) is 38.5 Å². The van der Waals surface area contributed by atoms with Crippen molar-refractivity contribution in [3.05, 3.63) is 23.4 Å². The average Bonchev–Trinajstić information content (AvgIpc) is 2.97. The van der Waals surface area contributed by atoms with Crippen LogP contribution in [0.4, 0.5) is 10.6 Å². The van der Waals surface area contributed by atoms with E-state index in [1.54, 1.807) is 0 Å². The Morgan fingerprint density at radius 3 is 2.65 bits per heavy atom. The SMILES string of the molecule is CN(Cc1nc(NC(=O)OC(C)(C)C)ccc1C1CCOC1)C1COC1. The van der Waals surface area contributed by atoms with Crippen LogP contribution in [0.2, 0.25) is 0 Å². The van der Waals surface area contributed by atoms with Crippen LogP contribution < -0.4 is 5.32 Å². The Balaban J connectivity index is 1.76. The molecule has 3 rings (SSSR count). The Labute approximate surface area is 155 Å². The maximum absolute atomic E-state index is 12.0. The summed E-state index contributed by atoms with van der Waals surface area (Å²) in [5, 5.41) is 2.74. The normalized spacial score (nSPS) is 20.9. The molecule has 1 atom stereocenters. The molecule has 1 aromatic rings. The van der Waals surface area contributed by atoms with Crippen LogP contribution in [0.5, 0.6) is 0 Å². The number of aromatic nitrogens is 1. The van der Waals surface area contributed by atoms with E-state index < -0.39 is 11.7 Å². The first kappa shape index (κ1) is 19.1. The van der Waals surface area contributed by atoms with Gasteiger partial charge >= 0.3 is 6.09 Å². The molecule has 144 valence electrons. The quantitative estimate of drug-likeness (QED) is 0.867. The summed E-state index contributed by atoms with van der Waals surface area (Å²) in [5.74, 6) is 0.870. The fourth-order valence-corrected chi connectivity index (χ4v) is 3.11. The standard InChI is InChI=1S/C19H29N3O4/c1-19(2,3)26-18(23)21-17-6-5-15(13-7-8-24-10-13)16(20-17)9-22(4)14-11-25-12-14/h5-6,13-14H,7-12H2,1-4H3,(H,20,21,23). The van der Waals surface area contributed by atoms with Crippen LogP contribution in [0.1, 0.15) is 44.4 Å². The lowest BCUT2D eigenvalue weighted by atomic mass is 9.96. The lowest BCUT2D eigenvalue weighted by molar-refractivity contribution is -0.0590. The van der Waals surface area contributed by atoms with Gasteiger partial charge in [0.1, 0.15) is 11.4 Å². The predicted molar refractivity (Wildman–Crippen MR) is 98.3 cm³/mol. The second kappa shape index (κ2) is 7.90. The van der Waals surface area contributed by atoms with Crippen molar-refractivity contribution in [1.82, 2.24) is 9.88 Å². The molecule has 7 nitrogen and oxygen atoms in total. The fourth-order valence-electron chi connectivity index (χ4n) is 3.11. The van der Waals surface area contributed by atoms with Gasteiger partial charge in [0.25, 0.3) is 0 Å². The molecule has 0 bridgehead atoms. The Kier molecular flexibility index (Phi) is 5.79. The van der Waals surface area contributed by atoms with Gasteiger partial charge in [-0.1, -0.05) is 6.07 Å². The van der Waals surface area contributed by atoms with Crippen molar-refractivity contribution in [2.24, 2.45) is 0 Å². The summed E-state index contributed by atoms with van der Waals surface area (Å²) >= 11 is 0. The molecule has 0 radical (unpaired) electrons. The van der Waals surface area contributed by atoms with Crippen LogP contribution in [-0.4, -0.2) is 61.1 Å². The first-order chi connectivity index (χ1) is 12.3. The van der Waals surface area contributed by atoms with Crippen LogP contribution in [-0.2, 0) is 20.8 Å². The molecule has 3 heterocycles. The van der Waals surface area contributed by atoms with Crippen molar-refractivity contribution in [1.29, 1.82) is 0 Å². The van der Waals surface area contributed by atoms with E-state index >= 15 is 0 Å². The number of rotatable bonds is 5. The lowest BCUT2D eigenvalue weighted by Gasteiger charge is -2.34. The van der Waals surface area contributed by atoms with E-state index in [1.165, 1.54) is 5.56 Å². The molecular weight excluding hydrogens is 334 g/mol. The zero-order chi connectivity index (χ0) is 18.7. The number of anilines is 1. The topological polar surface area (TPSA) is 72.9 Å². The summed E-state index contributed by atoms with van der Waals surface area (Å²) in [5.41, 5.74) is 1.63. The van der Waals surface area contributed by atoms with Gasteiger partial charge in [-0.15, -0.1) is 0 Å². The van der Waals surface area contributed by atoms with E-state index in [9.17, 15) is 4.79 Å². The van der Waals surface area contributed by atoms with Gasteiger partial charge in [-0.25, -0.2) is 9.78 Å². The van der Waals surface area contributed by atoms with E-state index in [1.807, 2.05) is 26.8 Å². The molecule has 2 aliphatic rings. The highest BCUT2D eigenvalue weighted by Gasteiger charge is 2.27. The van der Waals surface area contributed by atoms with Gasteiger partial charge in [0.05, 0.1) is 31.6 Å². The van der Waals surface area contributed by atoms with E-state index in [2.05, 4.69) is 23.3 Å². The molecule has 0 aliphatic carbocycles. The van der Waals surface area contributed by atoms with Crippen molar-refractivity contribution < 1.29 is 19.0 Å². The molecule has 2 aliphatic heterocycles. The monoisotopic (exact) mass is 363 g/mol. The van der Waals surface area contributed by atoms with Gasteiger partial charge in [0.2, 0.25) is 0 Å². The van der Waals surface area contributed by atoms with E-state index in [4.69, 9.17) is 19.2 Å². The van der Waals surface area contributed by atoms with Gasteiger partial charge in [0, 0.05) is 19.1 Å². The first-order valence-electron chi connectivity index (χ1n) is 9.17. The average molecular weight is 363 g/mol. The number of ether oxygens (including phenoxy) is 3. The minimum atomic E-state index is -0.543. The van der Waals surface area contributed by atoms with Crippen molar-refractivity contribution >= 4 is 11.9 Å². The summed E-state index contributed by atoms with van der Waals surface area (Å²) in [6.45, 7) is 9.25. The summed E-state index contributed by atoms with van der Waals surface area (Å²) < 4.78 is 16.2. The largest absolute Gasteiger partial charge is 0.444 e. The molecule has 0 spiro atoms.